The summed E-state index contributed by atoms with van der Waals surface area (Å²) in [6.07, 6.45) is 18.7. The lowest BCUT2D eigenvalue weighted by Crippen LogP contribution is -2.70. The summed E-state index contributed by atoms with van der Waals surface area (Å²) in [4.78, 5) is 40.5. The van der Waals surface area contributed by atoms with Crippen LogP contribution in [0.3, 0.4) is 0 Å². The molecule has 0 aromatic heterocycles. The van der Waals surface area contributed by atoms with E-state index in [0.717, 1.165) is 35.1 Å². The molecule has 0 amide bonds. The van der Waals surface area contributed by atoms with Crippen LogP contribution in [-0.2, 0) is 19.1 Å². The summed E-state index contributed by atoms with van der Waals surface area (Å²) in [5, 5.41) is 22.2. The van der Waals surface area contributed by atoms with Gasteiger partial charge in [0.15, 0.2) is 17.2 Å². The van der Waals surface area contributed by atoms with E-state index in [1.807, 2.05) is 78.0 Å². The minimum absolute atomic E-state index is 0.0859. The number of esters is 1. The van der Waals surface area contributed by atoms with Gasteiger partial charge in [0.2, 0.25) is 0 Å². The fourth-order valence-electron chi connectivity index (χ4n) is 10.3. The molecule has 0 aliphatic heterocycles. The minimum Gasteiger partial charge on any atom is -0.458 e. The van der Waals surface area contributed by atoms with Crippen LogP contribution in [0.4, 0.5) is 4.39 Å². The fraction of sp³-hybridized carbons (Fsp3) is 0.595. The molecule has 0 bridgehead atoms. The summed E-state index contributed by atoms with van der Waals surface area (Å²) in [5.41, 5.74) is -2.64. The number of hydrogen-bond donors (Lipinski definition) is 2. The molecule has 1 unspecified atom stereocenters. The first-order chi connectivity index (χ1) is 22.9. The molecule has 0 radical (unpaired) electrons. The maximum Gasteiger partial charge on any atom is 0.316 e. The van der Waals surface area contributed by atoms with Crippen molar-refractivity contribution >= 4 is 17.5 Å². The molecule has 7 heteroatoms. The predicted molar refractivity (Wildman–Crippen MR) is 190 cm³/mol. The largest absolute Gasteiger partial charge is 0.458 e. The first-order valence-corrected chi connectivity index (χ1v) is 18.0. The van der Waals surface area contributed by atoms with Crippen molar-refractivity contribution in [1.82, 2.24) is 0 Å². The van der Waals surface area contributed by atoms with E-state index in [-0.39, 0.29) is 12.2 Å². The van der Waals surface area contributed by atoms with E-state index < -0.39 is 69.7 Å². The average Bonchev–Trinajstić information content (AvgIpc) is 3.26. The molecule has 0 aromatic rings. The van der Waals surface area contributed by atoms with Crippen LogP contribution >= 0.6 is 0 Å². The van der Waals surface area contributed by atoms with Gasteiger partial charge >= 0.3 is 5.97 Å². The SMILES string of the molecule is CC=C(C)C=CC=C(C)C=CC1=C(C)CCCC1(C)C(=O)O[C@H]1C[C@@]2(C)[C@@H](C[C@@H](C)[C@]2(O)C(=O)CO)[C@@H]2CCC3=CC(=O)C=C[C@]3(C)[C@@]12F. The molecule has 5 rings (SSSR count). The number of halogens is 1. The van der Waals surface area contributed by atoms with E-state index >= 15 is 4.39 Å². The van der Waals surface area contributed by atoms with Gasteiger partial charge in [-0.15, -0.1) is 0 Å². The van der Waals surface area contributed by atoms with Crippen molar-refractivity contribution < 1.29 is 33.7 Å². The first kappa shape index (κ1) is 37.1. The van der Waals surface area contributed by atoms with Crippen molar-refractivity contribution in [2.24, 2.45) is 34.0 Å². The topological polar surface area (TPSA) is 101 Å². The van der Waals surface area contributed by atoms with E-state index in [9.17, 15) is 24.6 Å². The van der Waals surface area contributed by atoms with Gasteiger partial charge in [-0.2, -0.15) is 0 Å². The molecule has 5 aliphatic rings. The summed E-state index contributed by atoms with van der Waals surface area (Å²) < 4.78 is 25.2. The molecule has 5 aliphatic carbocycles. The number of alkyl halides is 1. The van der Waals surface area contributed by atoms with Crippen LogP contribution < -0.4 is 0 Å². The summed E-state index contributed by atoms with van der Waals surface area (Å²) in [5.74, 6) is -2.99. The highest BCUT2D eigenvalue weighted by Gasteiger charge is 2.76. The Balaban J connectivity index is 1.57. The molecule has 0 aromatic carbocycles. The second-order valence-corrected chi connectivity index (χ2v) is 16.1. The Morgan fingerprint density at radius 1 is 1.10 bits per heavy atom. The van der Waals surface area contributed by atoms with E-state index in [1.165, 1.54) is 12.2 Å². The number of fused-ring (bicyclic) bond motifs is 5. The van der Waals surface area contributed by atoms with Gasteiger partial charge in [0, 0.05) is 16.7 Å². The van der Waals surface area contributed by atoms with Gasteiger partial charge in [-0.05, 0) is 116 Å². The van der Waals surface area contributed by atoms with Crippen molar-refractivity contribution in [2.45, 2.75) is 118 Å². The van der Waals surface area contributed by atoms with Gasteiger partial charge in [-0.1, -0.05) is 78.7 Å². The van der Waals surface area contributed by atoms with E-state index in [1.54, 1.807) is 19.9 Å². The van der Waals surface area contributed by atoms with Gasteiger partial charge in [0.1, 0.15) is 18.3 Å². The lowest BCUT2D eigenvalue weighted by molar-refractivity contribution is -0.233. The van der Waals surface area contributed by atoms with E-state index in [4.69, 9.17) is 4.74 Å². The summed E-state index contributed by atoms with van der Waals surface area (Å²) in [6.45, 7) is 14.5. The lowest BCUT2D eigenvalue weighted by atomic mass is 9.44. The average molecular weight is 675 g/mol. The zero-order valence-electron chi connectivity index (χ0n) is 30.6. The lowest BCUT2D eigenvalue weighted by Gasteiger charge is -2.63. The van der Waals surface area contributed by atoms with Gasteiger partial charge in [0.25, 0.3) is 0 Å². The van der Waals surface area contributed by atoms with Gasteiger partial charge in [0.05, 0.1) is 5.41 Å². The van der Waals surface area contributed by atoms with Crippen molar-refractivity contribution in [3.8, 4) is 0 Å². The highest BCUT2D eigenvalue weighted by atomic mass is 19.1. The number of carbonyl (C=O) groups excluding carboxylic acids is 3. The molecular formula is C42H55FO6. The highest BCUT2D eigenvalue weighted by molar-refractivity contribution is 6.01. The van der Waals surface area contributed by atoms with Crippen LogP contribution in [0.1, 0.15) is 100 Å². The second-order valence-electron chi connectivity index (χ2n) is 16.1. The molecule has 266 valence electrons. The molecule has 2 N–H and O–H groups in total. The Hall–Kier alpha value is -3.16. The quantitative estimate of drug-likeness (QED) is 0.200. The van der Waals surface area contributed by atoms with Crippen LogP contribution in [-0.4, -0.2) is 51.7 Å². The maximum absolute atomic E-state index is 18.7. The van der Waals surface area contributed by atoms with Gasteiger partial charge < -0.3 is 14.9 Å². The molecule has 0 saturated heterocycles. The summed E-state index contributed by atoms with van der Waals surface area (Å²) in [7, 11) is 0. The zero-order chi connectivity index (χ0) is 36.2. The number of hydrogen-bond acceptors (Lipinski definition) is 6. The Morgan fingerprint density at radius 3 is 2.49 bits per heavy atom. The van der Waals surface area contributed by atoms with E-state index in [0.29, 0.717) is 31.3 Å². The standard InChI is InChI=1S/C42H55FO6/c1-9-26(2)12-10-13-27(3)15-17-32-28(4)14-11-20-38(32,6)37(47)49-36-24-40(8)34(22-29(5)42(40,48)35(46)25-44)33-18-16-30-23-31(45)19-21-39(30,7)41(33,36)43/h9-10,12-13,15,17,19,21,23,29,33-34,36,44,48H,11,14,16,18,20,22,24-25H2,1-8H3/t29-,33+,34+,36+,38?,39+,40+,41+,42+/m1/s1. The fourth-order valence-corrected chi connectivity index (χ4v) is 10.3. The molecule has 49 heavy (non-hydrogen) atoms. The Kier molecular flexibility index (Phi) is 9.99. The Bertz CT molecular complexity index is 1620. The smallest absolute Gasteiger partial charge is 0.316 e. The van der Waals surface area contributed by atoms with Crippen LogP contribution in [0.15, 0.2) is 82.5 Å². The number of aliphatic hydroxyl groups excluding tert-OH is 1. The zero-order valence-corrected chi connectivity index (χ0v) is 30.6. The van der Waals surface area contributed by atoms with Crippen molar-refractivity contribution in [3.63, 3.8) is 0 Å². The number of aliphatic hydroxyl groups is 2. The Morgan fingerprint density at radius 2 is 1.82 bits per heavy atom. The molecule has 0 spiro atoms. The predicted octanol–water partition coefficient (Wildman–Crippen LogP) is 7.98. The first-order valence-electron chi connectivity index (χ1n) is 18.0. The molecule has 3 saturated carbocycles. The van der Waals surface area contributed by atoms with Crippen LogP contribution in [0.5, 0.6) is 0 Å². The minimum atomic E-state index is -2.10. The van der Waals surface area contributed by atoms with Gasteiger partial charge in [-0.25, -0.2) is 4.39 Å². The number of Topliss-reactive ketones (excluding diaryl/α,β-unsaturated/α-hetero) is 1. The third-order valence-electron chi connectivity index (χ3n) is 13.4. The number of ether oxygens (including phenoxy) is 1. The molecular weight excluding hydrogens is 619 g/mol. The van der Waals surface area contributed by atoms with Crippen molar-refractivity contribution in [1.29, 1.82) is 0 Å². The van der Waals surface area contributed by atoms with E-state index in [2.05, 4.69) is 0 Å². The number of rotatable bonds is 8. The number of allylic oxidation sites excluding steroid dienone is 13. The van der Waals surface area contributed by atoms with Crippen LogP contribution in [0.25, 0.3) is 0 Å². The van der Waals surface area contributed by atoms with Crippen molar-refractivity contribution in [3.05, 3.63) is 82.5 Å². The normalized spacial score (nSPS) is 41.1. The van der Waals surface area contributed by atoms with Crippen LogP contribution in [0, 0.1) is 34.0 Å². The molecule has 6 nitrogen and oxygen atoms in total. The summed E-state index contributed by atoms with van der Waals surface area (Å²) >= 11 is 0. The maximum atomic E-state index is 18.7. The van der Waals surface area contributed by atoms with Crippen LogP contribution in [0.2, 0.25) is 0 Å². The second kappa shape index (κ2) is 13.2. The highest BCUT2D eigenvalue weighted by Crippen LogP contribution is 2.71. The molecule has 0 heterocycles. The van der Waals surface area contributed by atoms with Crippen molar-refractivity contribution in [2.75, 3.05) is 6.61 Å². The van der Waals surface area contributed by atoms with Gasteiger partial charge in [-0.3, -0.25) is 14.4 Å². The number of ketones is 2. The molecule has 9 atom stereocenters. The molecule has 3 fully saturated rings. The third kappa shape index (κ3) is 5.64. The summed E-state index contributed by atoms with van der Waals surface area (Å²) in [6, 6.07) is 0. The monoisotopic (exact) mass is 674 g/mol. The third-order valence-corrected chi connectivity index (χ3v) is 13.4. The number of carbonyl (C=O) groups is 3. The Labute approximate surface area is 291 Å².